The second kappa shape index (κ2) is 9.96. The number of fused-ring (bicyclic) bond motifs is 1. The number of rotatable bonds is 7. The number of ether oxygens (including phenoxy) is 2. The Balaban J connectivity index is 1.68. The molecule has 0 atom stereocenters. The fourth-order valence-corrected chi connectivity index (χ4v) is 4.37. The number of aromatic nitrogens is 2. The minimum Gasteiger partial charge on any atom is -0.493 e. The van der Waals surface area contributed by atoms with Gasteiger partial charge in [0.15, 0.2) is 23.1 Å². The van der Waals surface area contributed by atoms with Crippen molar-refractivity contribution in [1.82, 2.24) is 9.97 Å². The molecule has 2 aromatic rings. The van der Waals surface area contributed by atoms with E-state index in [0.717, 1.165) is 23.8 Å². The van der Waals surface area contributed by atoms with Crippen molar-refractivity contribution >= 4 is 23.5 Å². The SMILES string of the molecule is CCOc1cc(OC)c(F)c(N2Cc3cnc(NC4CCC(O)CC4)nc3N(CC)C2=O)c1F. The highest BCUT2D eigenvalue weighted by Gasteiger charge is 2.37. The smallest absolute Gasteiger partial charge is 0.330 e. The van der Waals surface area contributed by atoms with Crippen LogP contribution in [-0.4, -0.2) is 53.5 Å². The molecule has 184 valence electrons. The number of hydrogen-bond acceptors (Lipinski definition) is 7. The van der Waals surface area contributed by atoms with Gasteiger partial charge in [-0.25, -0.2) is 18.6 Å². The summed E-state index contributed by atoms with van der Waals surface area (Å²) in [4.78, 5) is 24.6. The zero-order valence-electron chi connectivity index (χ0n) is 19.5. The third kappa shape index (κ3) is 4.44. The molecule has 0 unspecified atom stereocenters. The van der Waals surface area contributed by atoms with Gasteiger partial charge in [-0.15, -0.1) is 0 Å². The molecule has 2 N–H and O–H groups in total. The maximum atomic E-state index is 15.3. The fraction of sp³-hybridized carbons (Fsp3) is 0.522. The number of halogens is 2. The molecule has 2 heterocycles. The van der Waals surface area contributed by atoms with Gasteiger partial charge in [-0.05, 0) is 39.5 Å². The number of methoxy groups -OCH3 is 1. The molecular weight excluding hydrogens is 448 g/mol. The van der Waals surface area contributed by atoms with Gasteiger partial charge in [0.25, 0.3) is 0 Å². The fourth-order valence-electron chi connectivity index (χ4n) is 4.37. The van der Waals surface area contributed by atoms with Crippen molar-refractivity contribution in [2.24, 2.45) is 0 Å². The van der Waals surface area contributed by atoms with E-state index in [1.807, 2.05) is 0 Å². The highest BCUT2D eigenvalue weighted by molar-refractivity contribution is 6.05. The van der Waals surface area contributed by atoms with Crippen molar-refractivity contribution in [2.75, 3.05) is 35.4 Å². The predicted molar refractivity (Wildman–Crippen MR) is 123 cm³/mol. The second-order valence-corrected chi connectivity index (χ2v) is 8.29. The lowest BCUT2D eigenvalue weighted by Gasteiger charge is -2.36. The van der Waals surface area contributed by atoms with Crippen LogP contribution in [0, 0.1) is 11.6 Å². The second-order valence-electron chi connectivity index (χ2n) is 8.29. The summed E-state index contributed by atoms with van der Waals surface area (Å²) in [6.07, 6.45) is 4.29. The third-order valence-corrected chi connectivity index (χ3v) is 6.13. The van der Waals surface area contributed by atoms with Crippen molar-refractivity contribution in [1.29, 1.82) is 0 Å². The Morgan fingerprint density at radius 3 is 2.53 bits per heavy atom. The first-order valence-corrected chi connectivity index (χ1v) is 11.5. The van der Waals surface area contributed by atoms with Crippen LogP contribution < -0.4 is 24.6 Å². The molecule has 1 aromatic carbocycles. The van der Waals surface area contributed by atoms with E-state index in [0.29, 0.717) is 30.2 Å². The first-order valence-electron chi connectivity index (χ1n) is 11.5. The van der Waals surface area contributed by atoms with Gasteiger partial charge >= 0.3 is 6.03 Å². The predicted octanol–water partition coefficient (Wildman–Crippen LogP) is 3.84. The van der Waals surface area contributed by atoms with Gasteiger partial charge in [0.1, 0.15) is 11.5 Å². The van der Waals surface area contributed by atoms with E-state index in [1.165, 1.54) is 12.0 Å². The molecule has 1 saturated carbocycles. The zero-order valence-corrected chi connectivity index (χ0v) is 19.5. The molecule has 0 radical (unpaired) electrons. The molecule has 34 heavy (non-hydrogen) atoms. The van der Waals surface area contributed by atoms with Crippen LogP contribution in [0.25, 0.3) is 0 Å². The Morgan fingerprint density at radius 2 is 1.88 bits per heavy atom. The number of hydrogen-bond donors (Lipinski definition) is 2. The number of nitrogens with one attached hydrogen (secondary N) is 1. The maximum Gasteiger partial charge on any atom is 0.330 e. The van der Waals surface area contributed by atoms with Crippen LogP contribution in [0.5, 0.6) is 11.5 Å². The van der Waals surface area contributed by atoms with Crippen LogP contribution in [0.1, 0.15) is 45.1 Å². The number of anilines is 3. The molecule has 0 saturated heterocycles. The lowest BCUT2D eigenvalue weighted by atomic mass is 9.93. The monoisotopic (exact) mass is 477 g/mol. The summed E-state index contributed by atoms with van der Waals surface area (Å²) in [6, 6.07) is 0.640. The van der Waals surface area contributed by atoms with Crippen molar-refractivity contribution < 1.29 is 28.2 Å². The number of urea groups is 1. The van der Waals surface area contributed by atoms with Crippen LogP contribution >= 0.6 is 0 Å². The van der Waals surface area contributed by atoms with Crippen LogP contribution in [0.3, 0.4) is 0 Å². The standard InChI is InChI=1S/C23H29F2N5O4/c1-4-29-21-13(11-26-22(28-21)27-14-6-8-15(31)9-7-14)12-30(23(29)32)20-18(24)16(33-3)10-17(19(20)25)34-5-2/h10-11,14-15,31H,4-9,12H2,1-3H3,(H,26,27,28). The molecule has 2 amide bonds. The average molecular weight is 478 g/mol. The summed E-state index contributed by atoms with van der Waals surface area (Å²) < 4.78 is 40.8. The van der Waals surface area contributed by atoms with Crippen molar-refractivity contribution in [2.45, 2.75) is 58.2 Å². The zero-order chi connectivity index (χ0) is 24.4. The van der Waals surface area contributed by atoms with E-state index >= 15 is 8.78 Å². The first kappa shape index (κ1) is 23.9. The van der Waals surface area contributed by atoms with Crippen LogP contribution in [0.4, 0.5) is 31.0 Å². The quantitative estimate of drug-likeness (QED) is 0.625. The summed E-state index contributed by atoms with van der Waals surface area (Å²) in [7, 11) is 1.26. The van der Waals surface area contributed by atoms with E-state index in [2.05, 4.69) is 15.3 Å². The minimum atomic E-state index is -0.991. The Morgan fingerprint density at radius 1 is 1.18 bits per heavy atom. The summed E-state index contributed by atoms with van der Waals surface area (Å²) in [5, 5.41) is 13.0. The Kier molecular flexibility index (Phi) is 7.01. The van der Waals surface area contributed by atoms with Crippen molar-refractivity contribution in [3.8, 4) is 11.5 Å². The van der Waals surface area contributed by atoms with E-state index in [4.69, 9.17) is 9.47 Å². The van der Waals surface area contributed by atoms with Crippen LogP contribution in [0.15, 0.2) is 12.3 Å². The van der Waals surface area contributed by atoms with Gasteiger partial charge in [-0.1, -0.05) is 0 Å². The molecular formula is C23H29F2N5O4. The molecule has 1 aliphatic heterocycles. The lowest BCUT2D eigenvalue weighted by Crippen LogP contribution is -2.48. The third-order valence-electron chi connectivity index (χ3n) is 6.13. The van der Waals surface area contributed by atoms with Gasteiger partial charge in [0.2, 0.25) is 5.95 Å². The van der Waals surface area contributed by atoms with Crippen LogP contribution in [0.2, 0.25) is 0 Å². The van der Waals surface area contributed by atoms with Crippen LogP contribution in [-0.2, 0) is 6.54 Å². The largest absolute Gasteiger partial charge is 0.493 e. The summed E-state index contributed by atoms with van der Waals surface area (Å²) in [5.41, 5.74) is 0.00510. The molecule has 2 aliphatic rings. The summed E-state index contributed by atoms with van der Waals surface area (Å²) in [6.45, 7) is 3.71. The normalized spacial score (nSPS) is 20.2. The summed E-state index contributed by atoms with van der Waals surface area (Å²) >= 11 is 0. The number of carbonyl (C=O) groups excluding carboxylic acids is 1. The van der Waals surface area contributed by atoms with Crippen molar-refractivity contribution in [3.05, 3.63) is 29.5 Å². The van der Waals surface area contributed by atoms with Gasteiger partial charge in [-0.2, -0.15) is 4.98 Å². The maximum absolute atomic E-state index is 15.3. The molecule has 1 aromatic heterocycles. The molecule has 9 nitrogen and oxygen atoms in total. The number of nitrogens with zero attached hydrogens (tertiary/aromatic N) is 4. The molecule has 1 aliphatic carbocycles. The Hall–Kier alpha value is -3.21. The average Bonchev–Trinajstić information content (AvgIpc) is 2.83. The molecule has 4 rings (SSSR count). The van der Waals surface area contributed by atoms with Gasteiger partial charge < -0.3 is 19.9 Å². The summed E-state index contributed by atoms with van der Waals surface area (Å²) in [5.74, 6) is -1.63. The van der Waals surface area contributed by atoms with Gasteiger partial charge in [0, 0.05) is 30.4 Å². The lowest BCUT2D eigenvalue weighted by molar-refractivity contribution is 0.126. The van der Waals surface area contributed by atoms with E-state index in [9.17, 15) is 9.90 Å². The number of amides is 2. The minimum absolute atomic E-state index is 0.118. The van der Waals surface area contributed by atoms with Crippen molar-refractivity contribution in [3.63, 3.8) is 0 Å². The van der Waals surface area contributed by atoms with E-state index in [1.54, 1.807) is 20.0 Å². The highest BCUT2D eigenvalue weighted by Crippen LogP contribution is 2.40. The first-order chi connectivity index (χ1) is 16.4. The highest BCUT2D eigenvalue weighted by atomic mass is 19.1. The van der Waals surface area contributed by atoms with E-state index in [-0.39, 0.29) is 43.3 Å². The Bertz CT molecular complexity index is 1060. The van der Waals surface area contributed by atoms with Gasteiger partial charge in [0.05, 0.1) is 26.4 Å². The number of benzene rings is 1. The van der Waals surface area contributed by atoms with E-state index < -0.39 is 23.4 Å². The molecule has 0 bridgehead atoms. The number of aliphatic hydroxyl groups is 1. The topological polar surface area (TPSA) is 100 Å². The number of aliphatic hydroxyl groups excluding tert-OH is 1. The molecule has 0 spiro atoms. The van der Waals surface area contributed by atoms with Gasteiger partial charge in [-0.3, -0.25) is 9.80 Å². The Labute approximate surface area is 196 Å². The number of carbonyl (C=O) groups is 1. The molecule has 11 heteroatoms. The molecule has 1 fully saturated rings.